The topological polar surface area (TPSA) is 57.5 Å². The maximum atomic E-state index is 11.1. The maximum absolute atomic E-state index is 11.1. The number of rotatable bonds is 6. The second-order valence-electron chi connectivity index (χ2n) is 4.07. The molecule has 0 saturated carbocycles. The Morgan fingerprint density at radius 1 is 1.35 bits per heavy atom. The number of Topliss-reactive ketones (excluding diaryl/α,β-unsaturated/α-hetero) is 1. The fourth-order valence-corrected chi connectivity index (χ4v) is 2.20. The van der Waals surface area contributed by atoms with Crippen LogP contribution in [0.4, 0.5) is 0 Å². The van der Waals surface area contributed by atoms with Crippen LogP contribution in [-0.2, 0) is 11.2 Å². The summed E-state index contributed by atoms with van der Waals surface area (Å²) < 4.78 is 0. The first-order valence-corrected chi connectivity index (χ1v) is 6.67. The molecule has 3 nitrogen and oxygen atoms in total. The third-order valence-electron chi connectivity index (χ3n) is 2.58. The normalized spacial score (nSPS) is 14.4. The van der Waals surface area contributed by atoms with Gasteiger partial charge in [0.2, 0.25) is 0 Å². The molecular weight excluding hydrogens is 284 g/mol. The summed E-state index contributed by atoms with van der Waals surface area (Å²) in [6.07, 6.45) is -1.00. The molecule has 0 aliphatic heterocycles. The van der Waals surface area contributed by atoms with Crippen molar-refractivity contribution in [2.24, 2.45) is 0 Å². The second-order valence-corrected chi connectivity index (χ2v) is 4.86. The Morgan fingerprint density at radius 2 is 2.00 bits per heavy atom. The molecule has 1 rings (SSSR count). The van der Waals surface area contributed by atoms with Gasteiger partial charge in [-0.1, -0.05) is 40.2 Å². The van der Waals surface area contributed by atoms with E-state index >= 15 is 0 Å². The van der Waals surface area contributed by atoms with Crippen LogP contribution in [0.3, 0.4) is 0 Å². The zero-order chi connectivity index (χ0) is 12.8. The molecule has 0 aromatic heterocycles. The summed E-state index contributed by atoms with van der Waals surface area (Å²) >= 11 is 3.22. The summed E-state index contributed by atoms with van der Waals surface area (Å²) in [5.41, 5.74) is 1.41. The van der Waals surface area contributed by atoms with Gasteiger partial charge < -0.3 is 10.2 Å². The summed E-state index contributed by atoms with van der Waals surface area (Å²) in [6.45, 7) is 1.51. The van der Waals surface area contributed by atoms with Crippen molar-refractivity contribution in [3.8, 4) is 0 Å². The summed E-state index contributed by atoms with van der Waals surface area (Å²) in [7, 11) is 0. The first-order chi connectivity index (χ1) is 8.06. The van der Waals surface area contributed by atoms with Crippen molar-refractivity contribution in [2.45, 2.75) is 32.0 Å². The van der Waals surface area contributed by atoms with Crippen molar-refractivity contribution < 1.29 is 15.0 Å². The van der Waals surface area contributed by atoms with Crippen molar-refractivity contribution >= 4 is 21.7 Å². The number of halogens is 1. The van der Waals surface area contributed by atoms with Crippen LogP contribution in [0.25, 0.3) is 0 Å². The Kier molecular flexibility index (Phi) is 5.82. The molecule has 17 heavy (non-hydrogen) atoms. The highest BCUT2D eigenvalue weighted by Crippen LogP contribution is 2.23. The van der Waals surface area contributed by atoms with Crippen molar-refractivity contribution in [1.29, 1.82) is 0 Å². The Morgan fingerprint density at radius 3 is 2.59 bits per heavy atom. The minimum atomic E-state index is -0.942. The van der Waals surface area contributed by atoms with Gasteiger partial charge in [0.1, 0.15) is 11.9 Å². The van der Waals surface area contributed by atoms with E-state index in [1.807, 2.05) is 6.07 Å². The van der Waals surface area contributed by atoms with Crippen molar-refractivity contribution in [3.05, 3.63) is 35.4 Å². The number of aliphatic hydroxyl groups is 2. The zero-order valence-corrected chi connectivity index (χ0v) is 11.4. The average molecular weight is 301 g/mol. The molecule has 2 N–H and O–H groups in total. The van der Waals surface area contributed by atoms with E-state index in [0.29, 0.717) is 17.3 Å². The van der Waals surface area contributed by atoms with Gasteiger partial charge in [0.05, 0.1) is 6.10 Å². The standard InChI is InChI=1S/C13H17BrO3/c1-9(15)8-10-4-2-3-5-11(10)13(17)12(16)6-7-14/h2-5,12-13,16-17H,6-8H2,1H3. The van der Waals surface area contributed by atoms with E-state index in [2.05, 4.69) is 15.9 Å². The number of benzene rings is 1. The number of hydrogen-bond acceptors (Lipinski definition) is 3. The highest BCUT2D eigenvalue weighted by molar-refractivity contribution is 9.09. The van der Waals surface area contributed by atoms with Gasteiger partial charge in [-0.05, 0) is 24.5 Å². The number of aliphatic hydroxyl groups excluding tert-OH is 2. The third kappa shape index (κ3) is 4.22. The van der Waals surface area contributed by atoms with Gasteiger partial charge in [-0.3, -0.25) is 4.79 Å². The molecular formula is C13H17BrO3. The molecule has 0 heterocycles. The molecule has 0 radical (unpaired) electrons. The molecule has 2 unspecified atom stereocenters. The molecule has 94 valence electrons. The lowest BCUT2D eigenvalue weighted by atomic mass is 9.95. The molecule has 1 aromatic carbocycles. The number of carbonyl (C=O) groups is 1. The van der Waals surface area contributed by atoms with Crippen LogP contribution in [-0.4, -0.2) is 27.4 Å². The second kappa shape index (κ2) is 6.89. The summed E-state index contributed by atoms with van der Waals surface area (Å²) in [6, 6.07) is 7.18. The van der Waals surface area contributed by atoms with Crippen LogP contribution in [0, 0.1) is 0 Å². The Bertz CT molecular complexity index is 379. The number of hydrogen-bond donors (Lipinski definition) is 2. The van der Waals surface area contributed by atoms with Crippen LogP contribution in [0.15, 0.2) is 24.3 Å². The van der Waals surface area contributed by atoms with Crippen molar-refractivity contribution in [1.82, 2.24) is 0 Å². The molecule has 0 aliphatic carbocycles. The fourth-order valence-electron chi connectivity index (χ4n) is 1.73. The van der Waals surface area contributed by atoms with Gasteiger partial charge in [-0.25, -0.2) is 0 Å². The average Bonchev–Trinajstić information content (AvgIpc) is 2.28. The SMILES string of the molecule is CC(=O)Cc1ccccc1C(O)C(O)CCBr. The van der Waals surface area contributed by atoms with E-state index in [0.717, 1.165) is 5.56 Å². The molecule has 0 aliphatic rings. The van der Waals surface area contributed by atoms with Gasteiger partial charge in [-0.15, -0.1) is 0 Å². The smallest absolute Gasteiger partial charge is 0.134 e. The van der Waals surface area contributed by atoms with Gasteiger partial charge in [0.15, 0.2) is 0 Å². The lowest BCUT2D eigenvalue weighted by molar-refractivity contribution is -0.116. The van der Waals surface area contributed by atoms with E-state index in [4.69, 9.17) is 0 Å². The Hall–Kier alpha value is -0.710. The minimum absolute atomic E-state index is 0.0413. The molecule has 1 aromatic rings. The number of carbonyl (C=O) groups excluding carboxylic acids is 1. The predicted molar refractivity (Wildman–Crippen MR) is 70.2 cm³/mol. The Balaban J connectivity index is 2.91. The van der Waals surface area contributed by atoms with Crippen LogP contribution >= 0.6 is 15.9 Å². The van der Waals surface area contributed by atoms with Gasteiger partial charge in [0, 0.05) is 11.8 Å². The van der Waals surface area contributed by atoms with Crippen LogP contribution < -0.4 is 0 Å². The summed E-state index contributed by atoms with van der Waals surface area (Å²) in [5.74, 6) is 0.0413. The minimum Gasteiger partial charge on any atom is -0.390 e. The number of alkyl halides is 1. The number of ketones is 1. The van der Waals surface area contributed by atoms with Crippen molar-refractivity contribution in [3.63, 3.8) is 0 Å². The van der Waals surface area contributed by atoms with E-state index in [9.17, 15) is 15.0 Å². The summed E-state index contributed by atoms with van der Waals surface area (Å²) in [4.78, 5) is 11.1. The lowest BCUT2D eigenvalue weighted by Crippen LogP contribution is -2.20. The largest absolute Gasteiger partial charge is 0.390 e. The molecule has 0 amide bonds. The zero-order valence-electron chi connectivity index (χ0n) is 9.77. The Labute approximate surface area is 110 Å². The van der Waals surface area contributed by atoms with E-state index in [1.54, 1.807) is 18.2 Å². The fraction of sp³-hybridized carbons (Fsp3) is 0.462. The molecule has 0 spiro atoms. The van der Waals surface area contributed by atoms with Crippen LogP contribution in [0.5, 0.6) is 0 Å². The van der Waals surface area contributed by atoms with E-state index in [1.165, 1.54) is 6.92 Å². The van der Waals surface area contributed by atoms with Gasteiger partial charge in [-0.2, -0.15) is 0 Å². The molecule has 4 heteroatoms. The first kappa shape index (κ1) is 14.4. The van der Waals surface area contributed by atoms with Gasteiger partial charge >= 0.3 is 0 Å². The van der Waals surface area contributed by atoms with Crippen LogP contribution in [0.2, 0.25) is 0 Å². The first-order valence-electron chi connectivity index (χ1n) is 5.55. The highest BCUT2D eigenvalue weighted by atomic mass is 79.9. The molecule has 0 fully saturated rings. The van der Waals surface area contributed by atoms with E-state index < -0.39 is 12.2 Å². The molecule has 0 bridgehead atoms. The predicted octanol–water partition coefficient (Wildman–Crippen LogP) is 2.00. The highest BCUT2D eigenvalue weighted by Gasteiger charge is 2.20. The van der Waals surface area contributed by atoms with E-state index in [-0.39, 0.29) is 12.2 Å². The summed E-state index contributed by atoms with van der Waals surface area (Å²) in [5, 5.41) is 20.4. The molecule has 2 atom stereocenters. The monoisotopic (exact) mass is 300 g/mol. The maximum Gasteiger partial charge on any atom is 0.134 e. The van der Waals surface area contributed by atoms with Gasteiger partial charge in [0.25, 0.3) is 0 Å². The van der Waals surface area contributed by atoms with Crippen LogP contribution in [0.1, 0.15) is 30.6 Å². The van der Waals surface area contributed by atoms with Crippen molar-refractivity contribution in [2.75, 3.05) is 5.33 Å². The quantitative estimate of drug-likeness (QED) is 0.790. The molecule has 0 saturated heterocycles. The third-order valence-corrected chi connectivity index (χ3v) is 3.04. The lowest BCUT2D eigenvalue weighted by Gasteiger charge is -2.19.